The van der Waals surface area contributed by atoms with E-state index in [1.165, 1.54) is 0 Å². The first-order valence-electron chi connectivity index (χ1n) is 5.59. The number of ether oxygens (including phenoxy) is 1. The van der Waals surface area contributed by atoms with E-state index in [4.69, 9.17) is 4.74 Å². The highest BCUT2D eigenvalue weighted by molar-refractivity contribution is 9.10. The molecule has 3 heterocycles. The zero-order chi connectivity index (χ0) is 11.8. The maximum absolute atomic E-state index is 11.7. The molecular weight excluding hydrogens is 286 g/mol. The van der Waals surface area contributed by atoms with Crippen molar-refractivity contribution in [2.45, 2.75) is 18.8 Å². The molecule has 5 nitrogen and oxygen atoms in total. The normalized spacial score (nSPS) is 17.7. The van der Waals surface area contributed by atoms with E-state index in [2.05, 4.69) is 25.9 Å². The number of aromatic amines is 1. The van der Waals surface area contributed by atoms with Crippen LogP contribution >= 0.6 is 15.9 Å². The van der Waals surface area contributed by atoms with Gasteiger partial charge in [0, 0.05) is 25.3 Å². The van der Waals surface area contributed by atoms with E-state index >= 15 is 0 Å². The third kappa shape index (κ3) is 1.91. The van der Waals surface area contributed by atoms with Crippen LogP contribution in [0.25, 0.3) is 5.52 Å². The van der Waals surface area contributed by atoms with Crippen molar-refractivity contribution in [1.82, 2.24) is 14.4 Å². The number of hydrogen-bond donors (Lipinski definition) is 1. The highest BCUT2D eigenvalue weighted by Gasteiger charge is 2.21. The molecule has 0 spiro atoms. The van der Waals surface area contributed by atoms with Gasteiger partial charge in [-0.1, -0.05) is 0 Å². The average Bonchev–Trinajstić information content (AvgIpc) is 2.74. The number of nitrogens with one attached hydrogen (secondary N) is 1. The molecule has 1 fully saturated rings. The van der Waals surface area contributed by atoms with E-state index in [1.807, 2.05) is 10.6 Å². The number of halogens is 1. The van der Waals surface area contributed by atoms with Gasteiger partial charge in [0.2, 0.25) is 0 Å². The topological polar surface area (TPSA) is 59.4 Å². The molecule has 1 aliphatic rings. The molecule has 1 aliphatic heterocycles. The van der Waals surface area contributed by atoms with Crippen molar-refractivity contribution in [3.05, 3.63) is 33.2 Å². The van der Waals surface area contributed by atoms with E-state index in [0.29, 0.717) is 16.0 Å². The first-order valence-corrected chi connectivity index (χ1v) is 6.38. The lowest BCUT2D eigenvalue weighted by molar-refractivity contribution is 0.0835. The third-order valence-electron chi connectivity index (χ3n) is 3.12. The van der Waals surface area contributed by atoms with Gasteiger partial charge < -0.3 is 9.72 Å². The highest BCUT2D eigenvalue weighted by Crippen LogP contribution is 2.26. The van der Waals surface area contributed by atoms with E-state index in [-0.39, 0.29) is 5.56 Å². The Balaban J connectivity index is 2.13. The Morgan fingerprint density at radius 1 is 1.47 bits per heavy atom. The molecule has 1 N–H and O–H groups in total. The maximum atomic E-state index is 11.7. The summed E-state index contributed by atoms with van der Waals surface area (Å²) in [5.74, 6) is 1.33. The fourth-order valence-corrected chi connectivity index (χ4v) is 2.64. The molecule has 3 rings (SSSR count). The second kappa shape index (κ2) is 4.27. The Morgan fingerprint density at radius 3 is 3.00 bits per heavy atom. The van der Waals surface area contributed by atoms with E-state index in [0.717, 1.165) is 31.9 Å². The summed E-state index contributed by atoms with van der Waals surface area (Å²) in [5.41, 5.74) is 0.472. The second-order valence-electron chi connectivity index (χ2n) is 4.19. The third-order valence-corrected chi connectivity index (χ3v) is 3.52. The summed E-state index contributed by atoms with van der Waals surface area (Å²) in [7, 11) is 0. The molecule has 0 atom stereocenters. The molecule has 0 radical (unpaired) electrons. The predicted molar refractivity (Wildman–Crippen MR) is 66.3 cm³/mol. The first kappa shape index (κ1) is 11.0. The standard InChI is InChI=1S/C11H12BrN3O2/c12-9-6-15-8(11(16)14-9)5-13-10(15)7-1-3-17-4-2-7/h5-7H,1-4H2,(H,14,16). The highest BCUT2D eigenvalue weighted by atomic mass is 79.9. The Kier molecular flexibility index (Phi) is 2.76. The summed E-state index contributed by atoms with van der Waals surface area (Å²) in [4.78, 5) is 18.8. The van der Waals surface area contributed by atoms with Crippen molar-refractivity contribution in [1.29, 1.82) is 0 Å². The number of imidazole rings is 1. The van der Waals surface area contributed by atoms with Gasteiger partial charge in [0.1, 0.15) is 15.9 Å². The van der Waals surface area contributed by atoms with Crippen LogP contribution in [0.1, 0.15) is 24.6 Å². The lowest BCUT2D eigenvalue weighted by Gasteiger charge is -2.20. The Hall–Kier alpha value is -1.14. The Morgan fingerprint density at radius 2 is 2.24 bits per heavy atom. The van der Waals surface area contributed by atoms with Crippen LogP contribution < -0.4 is 5.56 Å². The van der Waals surface area contributed by atoms with Gasteiger partial charge in [-0.25, -0.2) is 4.98 Å². The van der Waals surface area contributed by atoms with Crippen LogP contribution in [-0.4, -0.2) is 27.6 Å². The first-order chi connectivity index (χ1) is 8.25. The molecule has 0 unspecified atom stereocenters. The second-order valence-corrected chi connectivity index (χ2v) is 5.04. The summed E-state index contributed by atoms with van der Waals surface area (Å²) in [6.45, 7) is 1.54. The molecule has 0 aromatic carbocycles. The van der Waals surface area contributed by atoms with Gasteiger partial charge in [-0.15, -0.1) is 0 Å². The van der Waals surface area contributed by atoms with Crippen LogP contribution in [0.15, 0.2) is 21.8 Å². The van der Waals surface area contributed by atoms with Gasteiger partial charge in [-0.2, -0.15) is 0 Å². The van der Waals surface area contributed by atoms with Crippen LogP contribution in [-0.2, 0) is 4.74 Å². The number of aromatic nitrogens is 3. The number of fused-ring (bicyclic) bond motifs is 1. The van der Waals surface area contributed by atoms with Crippen LogP contribution in [0.3, 0.4) is 0 Å². The molecule has 0 aliphatic carbocycles. The molecule has 0 amide bonds. The minimum absolute atomic E-state index is 0.120. The fraction of sp³-hybridized carbons (Fsp3) is 0.455. The van der Waals surface area contributed by atoms with Gasteiger partial charge in [-0.05, 0) is 28.8 Å². The molecule has 2 aromatic rings. The minimum atomic E-state index is -0.120. The zero-order valence-electron chi connectivity index (χ0n) is 9.15. The number of nitrogens with zero attached hydrogens (tertiary/aromatic N) is 2. The summed E-state index contributed by atoms with van der Waals surface area (Å²) in [5, 5.41) is 0. The van der Waals surface area contributed by atoms with Gasteiger partial charge in [0.25, 0.3) is 5.56 Å². The van der Waals surface area contributed by atoms with Crippen LogP contribution in [0, 0.1) is 0 Å². The fourth-order valence-electron chi connectivity index (χ4n) is 2.25. The average molecular weight is 298 g/mol. The lowest BCUT2D eigenvalue weighted by Crippen LogP contribution is -2.17. The van der Waals surface area contributed by atoms with Crippen LogP contribution in [0.4, 0.5) is 0 Å². The monoisotopic (exact) mass is 297 g/mol. The van der Waals surface area contributed by atoms with Crippen molar-refractivity contribution in [3.8, 4) is 0 Å². The molecular formula is C11H12BrN3O2. The van der Waals surface area contributed by atoms with Gasteiger partial charge in [0.15, 0.2) is 0 Å². The zero-order valence-corrected chi connectivity index (χ0v) is 10.7. The number of H-pyrrole nitrogens is 1. The molecule has 17 heavy (non-hydrogen) atoms. The van der Waals surface area contributed by atoms with E-state index in [9.17, 15) is 4.79 Å². The lowest BCUT2D eigenvalue weighted by atomic mass is 10.00. The van der Waals surface area contributed by atoms with E-state index < -0.39 is 0 Å². The molecule has 0 bridgehead atoms. The van der Waals surface area contributed by atoms with Crippen LogP contribution in [0.5, 0.6) is 0 Å². The van der Waals surface area contributed by atoms with Crippen molar-refractivity contribution in [3.63, 3.8) is 0 Å². The van der Waals surface area contributed by atoms with Crippen LogP contribution in [0.2, 0.25) is 0 Å². The SMILES string of the molecule is O=c1[nH]c(Br)cn2c(C3CCOCC3)ncc12. The molecule has 0 saturated carbocycles. The van der Waals surface area contributed by atoms with Crippen molar-refractivity contribution >= 4 is 21.4 Å². The van der Waals surface area contributed by atoms with Gasteiger partial charge >= 0.3 is 0 Å². The van der Waals surface area contributed by atoms with Gasteiger partial charge in [0.05, 0.1) is 6.20 Å². The molecule has 1 saturated heterocycles. The molecule has 90 valence electrons. The number of hydrogen-bond acceptors (Lipinski definition) is 3. The predicted octanol–water partition coefficient (Wildman–Crippen LogP) is 1.68. The van der Waals surface area contributed by atoms with Crippen molar-refractivity contribution < 1.29 is 4.74 Å². The Bertz CT molecular complexity index is 598. The summed E-state index contributed by atoms with van der Waals surface area (Å²) in [6.07, 6.45) is 5.41. The summed E-state index contributed by atoms with van der Waals surface area (Å²) < 4.78 is 7.88. The summed E-state index contributed by atoms with van der Waals surface area (Å²) in [6, 6.07) is 0. The molecule has 2 aromatic heterocycles. The van der Waals surface area contributed by atoms with Gasteiger partial charge in [-0.3, -0.25) is 9.20 Å². The minimum Gasteiger partial charge on any atom is -0.381 e. The van der Waals surface area contributed by atoms with E-state index in [1.54, 1.807) is 6.20 Å². The maximum Gasteiger partial charge on any atom is 0.274 e. The largest absolute Gasteiger partial charge is 0.381 e. The number of rotatable bonds is 1. The quantitative estimate of drug-likeness (QED) is 0.871. The van der Waals surface area contributed by atoms with Crippen molar-refractivity contribution in [2.75, 3.05) is 13.2 Å². The Labute approximate surface area is 106 Å². The summed E-state index contributed by atoms with van der Waals surface area (Å²) >= 11 is 3.30. The molecule has 6 heteroatoms. The van der Waals surface area contributed by atoms with Crippen molar-refractivity contribution in [2.24, 2.45) is 0 Å². The smallest absolute Gasteiger partial charge is 0.274 e.